The second-order valence-electron chi connectivity index (χ2n) is 5.67. The first kappa shape index (κ1) is 15.3. The predicted octanol–water partition coefficient (Wildman–Crippen LogP) is 0.577. The Morgan fingerprint density at radius 3 is 2.82 bits per heavy atom. The molecular weight excluding hydrogens is 308 g/mol. The number of hydrogen-bond donors (Lipinski definition) is 1. The van der Waals surface area contributed by atoms with E-state index in [2.05, 4.69) is 9.97 Å². The van der Waals surface area contributed by atoms with Crippen molar-refractivity contribution >= 4 is 16.1 Å². The van der Waals surface area contributed by atoms with Crippen LogP contribution in [0, 0.1) is 0 Å². The summed E-state index contributed by atoms with van der Waals surface area (Å²) in [5, 5.41) is 0.106. The van der Waals surface area contributed by atoms with Gasteiger partial charge < -0.3 is 9.72 Å². The van der Waals surface area contributed by atoms with E-state index in [4.69, 9.17) is 4.74 Å². The first-order valence-electron chi connectivity index (χ1n) is 7.41. The topological polar surface area (TPSA) is 95.6 Å². The van der Waals surface area contributed by atoms with Crippen LogP contribution < -0.4 is 0 Å². The number of H-pyrrole nitrogens is 1. The van der Waals surface area contributed by atoms with E-state index in [-0.39, 0.29) is 30.8 Å². The summed E-state index contributed by atoms with van der Waals surface area (Å²) in [6.45, 7) is 4.94. The van der Waals surface area contributed by atoms with Crippen LogP contribution in [0.3, 0.4) is 0 Å². The number of cyclic esters (lactones) is 1. The monoisotopic (exact) mass is 328 g/mol. The normalized spacial score (nSPS) is 26.1. The van der Waals surface area contributed by atoms with Gasteiger partial charge in [-0.2, -0.15) is 4.31 Å². The highest BCUT2D eigenvalue weighted by molar-refractivity contribution is 7.89. The molecule has 1 atom stereocenters. The van der Waals surface area contributed by atoms with Crippen molar-refractivity contribution in [2.75, 3.05) is 26.2 Å². The number of hydrogen-bond acceptors (Lipinski definition) is 5. The number of carbonyl (C=O) groups is 1. The predicted molar refractivity (Wildman–Crippen MR) is 77.8 cm³/mol. The number of amides is 1. The van der Waals surface area contributed by atoms with Gasteiger partial charge in [0.1, 0.15) is 12.4 Å². The summed E-state index contributed by atoms with van der Waals surface area (Å²) >= 11 is 0. The van der Waals surface area contributed by atoms with Gasteiger partial charge in [-0.3, -0.25) is 4.90 Å². The van der Waals surface area contributed by atoms with Crippen molar-refractivity contribution in [1.29, 1.82) is 0 Å². The molecule has 2 fully saturated rings. The van der Waals surface area contributed by atoms with E-state index in [1.54, 1.807) is 4.90 Å². The molecule has 1 N–H and O–H groups in total. The summed E-state index contributed by atoms with van der Waals surface area (Å²) in [5.41, 5.74) is -0.560. The summed E-state index contributed by atoms with van der Waals surface area (Å²) < 4.78 is 32.1. The fourth-order valence-corrected chi connectivity index (χ4v) is 4.47. The molecule has 3 rings (SSSR count). The number of rotatable bonds is 4. The molecule has 8 nitrogen and oxygen atoms in total. The van der Waals surface area contributed by atoms with E-state index in [1.165, 1.54) is 10.5 Å². The first-order chi connectivity index (χ1) is 10.4. The Morgan fingerprint density at radius 2 is 2.18 bits per heavy atom. The zero-order valence-corrected chi connectivity index (χ0v) is 13.5. The second kappa shape index (κ2) is 5.24. The molecule has 2 saturated heterocycles. The van der Waals surface area contributed by atoms with Gasteiger partial charge in [-0.1, -0.05) is 13.8 Å². The van der Waals surface area contributed by atoms with E-state index in [1.807, 2.05) is 13.8 Å². The number of ether oxygens (including phenoxy) is 1. The Kier molecular flexibility index (Phi) is 3.64. The van der Waals surface area contributed by atoms with Gasteiger partial charge in [0.2, 0.25) is 0 Å². The number of aromatic nitrogens is 2. The highest BCUT2D eigenvalue weighted by atomic mass is 32.2. The van der Waals surface area contributed by atoms with Crippen molar-refractivity contribution in [1.82, 2.24) is 19.2 Å². The molecule has 0 bridgehead atoms. The summed E-state index contributed by atoms with van der Waals surface area (Å²) in [5.74, 6) is 0.641. The van der Waals surface area contributed by atoms with Gasteiger partial charge >= 0.3 is 6.09 Å². The zero-order chi connectivity index (χ0) is 16.0. The molecule has 1 aromatic rings. The molecule has 0 saturated carbocycles. The van der Waals surface area contributed by atoms with Gasteiger partial charge in [-0.25, -0.2) is 18.2 Å². The lowest BCUT2D eigenvalue weighted by atomic mass is 9.94. The molecular formula is C13H20N4O4S. The van der Waals surface area contributed by atoms with Crippen LogP contribution in [-0.4, -0.2) is 65.5 Å². The van der Waals surface area contributed by atoms with Crippen LogP contribution in [0.25, 0.3) is 0 Å². The highest BCUT2D eigenvalue weighted by Crippen LogP contribution is 2.33. The summed E-state index contributed by atoms with van der Waals surface area (Å²) in [6.07, 6.45) is 2.29. The molecule has 122 valence electrons. The van der Waals surface area contributed by atoms with E-state index in [9.17, 15) is 13.2 Å². The SMILES string of the molecule is CCc1ncc(S(=O)(=O)N2CCN3C(=O)OCC3(CC)C2)[nH]1. The number of carbonyl (C=O) groups excluding carboxylic acids is 1. The lowest BCUT2D eigenvalue weighted by molar-refractivity contribution is 0.0884. The summed E-state index contributed by atoms with van der Waals surface area (Å²) in [4.78, 5) is 20.3. The molecule has 0 spiro atoms. The van der Waals surface area contributed by atoms with Crippen LogP contribution in [0.2, 0.25) is 0 Å². The maximum absolute atomic E-state index is 12.8. The smallest absolute Gasteiger partial charge is 0.410 e. The second-order valence-corrected chi connectivity index (χ2v) is 7.58. The lowest BCUT2D eigenvalue weighted by Crippen LogP contribution is -2.62. The molecule has 0 radical (unpaired) electrons. The zero-order valence-electron chi connectivity index (χ0n) is 12.7. The van der Waals surface area contributed by atoms with Crippen LogP contribution in [0.5, 0.6) is 0 Å². The standard InChI is InChI=1S/C13H20N4O4S/c1-3-10-14-7-11(15-10)22(19,20)16-5-6-17-12(18)21-9-13(17,4-2)8-16/h7H,3-6,8-9H2,1-2H3,(H,14,15). The average Bonchev–Trinajstić information content (AvgIpc) is 3.13. The molecule has 2 aliphatic heterocycles. The van der Waals surface area contributed by atoms with Crippen LogP contribution >= 0.6 is 0 Å². The number of nitrogens with zero attached hydrogens (tertiary/aromatic N) is 3. The molecule has 3 heterocycles. The van der Waals surface area contributed by atoms with Crippen molar-refractivity contribution < 1.29 is 17.9 Å². The minimum Gasteiger partial charge on any atom is -0.447 e. The number of imidazole rings is 1. The van der Waals surface area contributed by atoms with E-state index in [0.29, 0.717) is 25.2 Å². The van der Waals surface area contributed by atoms with Crippen LogP contribution in [0.1, 0.15) is 26.1 Å². The average molecular weight is 328 g/mol. The third kappa shape index (κ3) is 2.19. The molecule has 1 aromatic heterocycles. The van der Waals surface area contributed by atoms with Crippen molar-refractivity contribution in [3.8, 4) is 0 Å². The molecule has 22 heavy (non-hydrogen) atoms. The number of fused-ring (bicyclic) bond motifs is 1. The molecule has 9 heteroatoms. The Labute approximate surface area is 129 Å². The molecule has 1 unspecified atom stereocenters. The van der Waals surface area contributed by atoms with Gasteiger partial charge in [-0.05, 0) is 6.42 Å². The quantitative estimate of drug-likeness (QED) is 0.872. The van der Waals surface area contributed by atoms with Crippen molar-refractivity contribution in [2.24, 2.45) is 0 Å². The van der Waals surface area contributed by atoms with Gasteiger partial charge in [0.25, 0.3) is 10.0 Å². The largest absolute Gasteiger partial charge is 0.447 e. The lowest BCUT2D eigenvalue weighted by Gasteiger charge is -2.43. The third-order valence-corrected chi connectivity index (χ3v) is 6.27. The highest BCUT2D eigenvalue weighted by Gasteiger charge is 2.51. The minimum atomic E-state index is -3.63. The third-order valence-electron chi connectivity index (χ3n) is 4.52. The molecule has 2 aliphatic rings. The van der Waals surface area contributed by atoms with Gasteiger partial charge in [0, 0.05) is 26.1 Å². The van der Waals surface area contributed by atoms with Crippen molar-refractivity contribution in [3.63, 3.8) is 0 Å². The number of sulfonamides is 1. The summed E-state index contributed by atoms with van der Waals surface area (Å²) in [7, 11) is -3.63. The Morgan fingerprint density at radius 1 is 1.41 bits per heavy atom. The Hall–Kier alpha value is -1.61. The van der Waals surface area contributed by atoms with Crippen LogP contribution in [0.15, 0.2) is 11.2 Å². The van der Waals surface area contributed by atoms with E-state index in [0.717, 1.165) is 0 Å². The molecule has 0 aliphatic carbocycles. The van der Waals surface area contributed by atoms with Gasteiger partial charge in [-0.15, -0.1) is 0 Å². The van der Waals surface area contributed by atoms with Crippen molar-refractivity contribution in [2.45, 2.75) is 37.3 Å². The maximum atomic E-state index is 12.8. The number of piperazine rings is 1. The van der Waals surface area contributed by atoms with Crippen LogP contribution in [-0.2, 0) is 21.2 Å². The maximum Gasteiger partial charge on any atom is 0.410 e. The number of aromatic amines is 1. The van der Waals surface area contributed by atoms with Crippen molar-refractivity contribution in [3.05, 3.63) is 12.0 Å². The van der Waals surface area contributed by atoms with E-state index < -0.39 is 15.6 Å². The number of aryl methyl sites for hydroxylation is 1. The van der Waals surface area contributed by atoms with E-state index >= 15 is 0 Å². The first-order valence-corrected chi connectivity index (χ1v) is 8.85. The Balaban J connectivity index is 1.88. The Bertz CT molecular complexity index is 686. The summed E-state index contributed by atoms with van der Waals surface area (Å²) in [6, 6.07) is 0. The molecule has 0 aromatic carbocycles. The van der Waals surface area contributed by atoms with Crippen LogP contribution in [0.4, 0.5) is 4.79 Å². The van der Waals surface area contributed by atoms with Gasteiger partial charge in [0.15, 0.2) is 5.03 Å². The van der Waals surface area contributed by atoms with Gasteiger partial charge in [0.05, 0.1) is 11.7 Å². The molecule has 1 amide bonds. The number of nitrogens with one attached hydrogen (secondary N) is 1. The minimum absolute atomic E-state index is 0.106. The fourth-order valence-electron chi connectivity index (χ4n) is 3.03. The fraction of sp³-hybridized carbons (Fsp3) is 0.692.